The zero-order chi connectivity index (χ0) is 15.1. The molecule has 0 aliphatic carbocycles. The van der Waals surface area contributed by atoms with Crippen molar-refractivity contribution in [2.24, 2.45) is 5.73 Å². The Kier molecular flexibility index (Phi) is 6.45. The van der Waals surface area contributed by atoms with Gasteiger partial charge in [-0.25, -0.2) is 0 Å². The molecule has 0 radical (unpaired) electrons. The van der Waals surface area contributed by atoms with E-state index in [4.69, 9.17) is 15.2 Å². The third kappa shape index (κ3) is 4.97. The molecule has 0 amide bonds. The highest BCUT2D eigenvalue weighted by atomic mass is 16.5. The maximum atomic E-state index is 9.22. The summed E-state index contributed by atoms with van der Waals surface area (Å²) in [4.78, 5) is 2.33. The molecule has 118 valence electrons. The molecule has 1 saturated heterocycles. The molecule has 1 heterocycles. The van der Waals surface area contributed by atoms with E-state index in [1.54, 1.807) is 0 Å². The molecule has 1 fully saturated rings. The predicted molar refractivity (Wildman–Crippen MR) is 82.3 cm³/mol. The van der Waals surface area contributed by atoms with Gasteiger partial charge in [-0.1, -0.05) is 18.2 Å². The minimum absolute atomic E-state index is 0.0624. The number of rotatable bonds is 7. The normalized spacial score (nSPS) is 23.2. The third-order valence-electron chi connectivity index (χ3n) is 3.67. The minimum atomic E-state index is -0.0624. The first-order valence-electron chi connectivity index (χ1n) is 7.62. The monoisotopic (exact) mass is 294 g/mol. The lowest BCUT2D eigenvalue weighted by molar-refractivity contribution is -0.0955. The first-order chi connectivity index (χ1) is 10.2. The molecular formula is C16H26N2O3. The Balaban J connectivity index is 1.72. The van der Waals surface area contributed by atoms with Gasteiger partial charge in [0.15, 0.2) is 0 Å². The molecule has 3 N–H and O–H groups in total. The van der Waals surface area contributed by atoms with Crippen LogP contribution in [0.4, 0.5) is 0 Å². The van der Waals surface area contributed by atoms with Gasteiger partial charge in [-0.2, -0.15) is 0 Å². The van der Waals surface area contributed by atoms with Crippen molar-refractivity contribution in [3.63, 3.8) is 0 Å². The largest absolute Gasteiger partial charge is 0.493 e. The summed E-state index contributed by atoms with van der Waals surface area (Å²) < 4.78 is 11.4. The van der Waals surface area contributed by atoms with E-state index < -0.39 is 0 Å². The maximum Gasteiger partial charge on any atom is 0.123 e. The van der Waals surface area contributed by atoms with Gasteiger partial charge in [0.1, 0.15) is 5.75 Å². The summed E-state index contributed by atoms with van der Waals surface area (Å²) in [6.07, 6.45) is 1.06. The molecule has 2 atom stereocenters. The molecule has 1 aromatic rings. The molecule has 21 heavy (non-hydrogen) atoms. The lowest BCUT2D eigenvalue weighted by Gasteiger charge is -2.36. The number of nitrogens with zero attached hydrogens (tertiary/aromatic N) is 1. The second-order valence-corrected chi connectivity index (χ2v) is 5.52. The SMILES string of the molecule is CC1CN(CCCOc2ccccc2CN)CC(CO)O1. The molecule has 2 rings (SSSR count). The van der Waals surface area contributed by atoms with Crippen LogP contribution in [0.3, 0.4) is 0 Å². The lowest BCUT2D eigenvalue weighted by Crippen LogP contribution is -2.48. The van der Waals surface area contributed by atoms with Crippen LogP contribution in [0.5, 0.6) is 5.75 Å². The number of morpholine rings is 1. The van der Waals surface area contributed by atoms with E-state index >= 15 is 0 Å². The molecule has 0 bridgehead atoms. The Hall–Kier alpha value is -1.14. The summed E-state index contributed by atoms with van der Waals surface area (Å²) in [5.41, 5.74) is 6.73. The van der Waals surface area contributed by atoms with Crippen molar-refractivity contribution >= 4 is 0 Å². The van der Waals surface area contributed by atoms with Gasteiger partial charge >= 0.3 is 0 Å². The van der Waals surface area contributed by atoms with Crippen molar-refractivity contribution in [1.29, 1.82) is 0 Å². The highest BCUT2D eigenvalue weighted by Crippen LogP contribution is 2.17. The Morgan fingerprint density at radius 3 is 2.95 bits per heavy atom. The van der Waals surface area contributed by atoms with Crippen LogP contribution in [-0.4, -0.2) is 55.1 Å². The van der Waals surface area contributed by atoms with Gasteiger partial charge in [0.05, 0.1) is 25.4 Å². The standard InChI is InChI=1S/C16H26N2O3/c1-13-10-18(11-15(12-19)21-13)7-4-8-20-16-6-3-2-5-14(16)9-17/h2-3,5-6,13,15,19H,4,7-12,17H2,1H3. The summed E-state index contributed by atoms with van der Waals surface area (Å²) in [5.74, 6) is 0.878. The number of aliphatic hydroxyl groups excluding tert-OH is 1. The van der Waals surface area contributed by atoms with E-state index in [2.05, 4.69) is 4.90 Å². The maximum absolute atomic E-state index is 9.22. The number of hydrogen-bond acceptors (Lipinski definition) is 5. The van der Waals surface area contributed by atoms with Gasteiger partial charge in [-0.15, -0.1) is 0 Å². The smallest absolute Gasteiger partial charge is 0.123 e. The number of ether oxygens (including phenoxy) is 2. The van der Waals surface area contributed by atoms with Gasteiger partial charge in [0, 0.05) is 31.7 Å². The van der Waals surface area contributed by atoms with Gasteiger partial charge in [0.25, 0.3) is 0 Å². The van der Waals surface area contributed by atoms with Crippen LogP contribution in [0, 0.1) is 0 Å². The molecule has 1 aliphatic heterocycles. The van der Waals surface area contributed by atoms with Gasteiger partial charge < -0.3 is 20.3 Å². The van der Waals surface area contributed by atoms with Crippen LogP contribution < -0.4 is 10.5 Å². The van der Waals surface area contributed by atoms with Crippen molar-refractivity contribution in [3.8, 4) is 5.75 Å². The number of benzene rings is 1. The molecule has 5 heteroatoms. The van der Waals surface area contributed by atoms with Crippen molar-refractivity contribution in [3.05, 3.63) is 29.8 Å². The summed E-state index contributed by atoms with van der Waals surface area (Å²) >= 11 is 0. The van der Waals surface area contributed by atoms with Crippen molar-refractivity contribution in [1.82, 2.24) is 4.90 Å². The van der Waals surface area contributed by atoms with E-state index in [0.29, 0.717) is 13.2 Å². The van der Waals surface area contributed by atoms with Crippen molar-refractivity contribution in [2.75, 3.05) is 32.8 Å². The van der Waals surface area contributed by atoms with Crippen LogP contribution in [0.2, 0.25) is 0 Å². The Morgan fingerprint density at radius 2 is 2.19 bits per heavy atom. The van der Waals surface area contributed by atoms with E-state index in [-0.39, 0.29) is 18.8 Å². The molecule has 0 spiro atoms. The van der Waals surface area contributed by atoms with Crippen LogP contribution in [0.15, 0.2) is 24.3 Å². The molecule has 1 aliphatic rings. The fourth-order valence-corrected chi connectivity index (χ4v) is 2.71. The fraction of sp³-hybridized carbons (Fsp3) is 0.625. The first-order valence-corrected chi connectivity index (χ1v) is 7.62. The van der Waals surface area contributed by atoms with Crippen LogP contribution in [0.25, 0.3) is 0 Å². The van der Waals surface area contributed by atoms with Crippen LogP contribution >= 0.6 is 0 Å². The number of hydrogen-bond donors (Lipinski definition) is 2. The molecule has 5 nitrogen and oxygen atoms in total. The van der Waals surface area contributed by atoms with Gasteiger partial charge in [-0.05, 0) is 19.4 Å². The second-order valence-electron chi connectivity index (χ2n) is 5.52. The molecule has 2 unspecified atom stereocenters. The van der Waals surface area contributed by atoms with E-state index in [0.717, 1.165) is 37.4 Å². The lowest BCUT2D eigenvalue weighted by atomic mass is 10.2. The highest BCUT2D eigenvalue weighted by Gasteiger charge is 2.24. The molecular weight excluding hydrogens is 268 g/mol. The zero-order valence-corrected chi connectivity index (χ0v) is 12.7. The summed E-state index contributed by atoms with van der Waals surface area (Å²) in [7, 11) is 0. The number of para-hydroxylation sites is 1. The number of aliphatic hydroxyl groups is 1. The average Bonchev–Trinajstić information content (AvgIpc) is 2.51. The third-order valence-corrected chi connectivity index (χ3v) is 3.67. The van der Waals surface area contributed by atoms with Crippen LogP contribution in [0.1, 0.15) is 18.9 Å². The number of nitrogens with two attached hydrogens (primary N) is 1. The Bertz CT molecular complexity index is 428. The summed E-state index contributed by atoms with van der Waals surface area (Å²) in [5, 5.41) is 9.22. The molecule has 0 aromatic heterocycles. The fourth-order valence-electron chi connectivity index (χ4n) is 2.71. The van der Waals surface area contributed by atoms with Crippen molar-refractivity contribution < 1.29 is 14.6 Å². The Labute approximate surface area is 126 Å². The zero-order valence-electron chi connectivity index (χ0n) is 12.7. The van der Waals surface area contributed by atoms with Gasteiger partial charge in [0.2, 0.25) is 0 Å². The second kappa shape index (κ2) is 8.34. The van der Waals surface area contributed by atoms with E-state index in [1.165, 1.54) is 0 Å². The summed E-state index contributed by atoms with van der Waals surface area (Å²) in [6.45, 7) is 5.96. The predicted octanol–water partition coefficient (Wildman–Crippen LogP) is 0.996. The molecule has 1 aromatic carbocycles. The van der Waals surface area contributed by atoms with Crippen LogP contribution in [-0.2, 0) is 11.3 Å². The molecule has 0 saturated carbocycles. The minimum Gasteiger partial charge on any atom is -0.493 e. The first kappa shape index (κ1) is 16.2. The average molecular weight is 294 g/mol. The topological polar surface area (TPSA) is 68.0 Å². The van der Waals surface area contributed by atoms with Crippen molar-refractivity contribution in [2.45, 2.75) is 32.1 Å². The van der Waals surface area contributed by atoms with E-state index in [1.807, 2.05) is 31.2 Å². The van der Waals surface area contributed by atoms with E-state index in [9.17, 15) is 5.11 Å². The van der Waals surface area contributed by atoms with Gasteiger partial charge in [-0.3, -0.25) is 4.90 Å². The Morgan fingerprint density at radius 1 is 1.38 bits per heavy atom. The summed E-state index contributed by atoms with van der Waals surface area (Å²) in [6, 6.07) is 7.88. The quantitative estimate of drug-likeness (QED) is 0.734. The highest BCUT2D eigenvalue weighted by molar-refractivity contribution is 5.32.